The lowest BCUT2D eigenvalue weighted by atomic mass is 9.92. The maximum absolute atomic E-state index is 13.0. The van der Waals surface area contributed by atoms with E-state index in [1.54, 1.807) is 4.68 Å². The van der Waals surface area contributed by atoms with Gasteiger partial charge in [0.1, 0.15) is 17.2 Å². The molecule has 0 aliphatic carbocycles. The highest BCUT2D eigenvalue weighted by atomic mass is 32.2. The Morgan fingerprint density at radius 3 is 2.54 bits per heavy atom. The van der Waals surface area contributed by atoms with E-state index >= 15 is 0 Å². The molecule has 156 valence electrons. The molecule has 1 aliphatic heterocycles. The largest absolute Gasteiger partial charge is 0.447 e. The Kier molecular flexibility index (Phi) is 6.00. The molecule has 1 aliphatic rings. The minimum absolute atomic E-state index is 0.0818. The summed E-state index contributed by atoms with van der Waals surface area (Å²) in [6.45, 7) is 9.43. The second kappa shape index (κ2) is 7.99. The molecule has 3 heterocycles. The molecular formula is C20H31N3O4S. The number of aryl methyl sites for hydroxylation is 1. The Hall–Kier alpha value is -1.67. The number of nitrogens with zero attached hydrogens (tertiary/aromatic N) is 3. The number of aromatic nitrogens is 3. The molecule has 0 amide bonds. The fraction of sp³-hybridized carbons (Fsp3) is 0.700. The highest BCUT2D eigenvalue weighted by Crippen LogP contribution is 2.32. The van der Waals surface area contributed by atoms with Crippen molar-refractivity contribution in [3.63, 3.8) is 0 Å². The first-order chi connectivity index (χ1) is 13.1. The van der Waals surface area contributed by atoms with Crippen molar-refractivity contribution in [1.29, 1.82) is 0 Å². The zero-order chi connectivity index (χ0) is 20.5. The molecule has 0 bridgehead atoms. The van der Waals surface area contributed by atoms with Crippen LogP contribution in [0, 0.1) is 5.92 Å². The molecular weight excluding hydrogens is 378 g/mol. The molecule has 8 heteroatoms. The quantitative estimate of drug-likeness (QED) is 0.723. The van der Waals surface area contributed by atoms with E-state index in [0.29, 0.717) is 25.3 Å². The van der Waals surface area contributed by atoms with Crippen molar-refractivity contribution >= 4 is 9.84 Å². The van der Waals surface area contributed by atoms with Gasteiger partial charge >= 0.3 is 0 Å². The van der Waals surface area contributed by atoms with E-state index in [2.05, 4.69) is 30.9 Å². The third-order valence-electron chi connectivity index (χ3n) is 5.32. The highest BCUT2D eigenvalue weighted by Gasteiger charge is 2.33. The average Bonchev–Trinajstić information content (AvgIpc) is 3.22. The van der Waals surface area contributed by atoms with Gasteiger partial charge in [0.15, 0.2) is 9.84 Å². The van der Waals surface area contributed by atoms with Gasteiger partial charge < -0.3 is 9.15 Å². The van der Waals surface area contributed by atoms with E-state index in [0.717, 1.165) is 24.2 Å². The number of hydrogen-bond acceptors (Lipinski definition) is 6. The van der Waals surface area contributed by atoms with Crippen LogP contribution in [-0.2, 0) is 27.0 Å². The van der Waals surface area contributed by atoms with Crippen LogP contribution in [0.4, 0.5) is 0 Å². The van der Waals surface area contributed by atoms with Gasteiger partial charge in [0.2, 0.25) is 5.89 Å². The number of sulfone groups is 1. The molecule has 7 nitrogen and oxygen atoms in total. The lowest BCUT2D eigenvalue weighted by Gasteiger charge is -2.23. The van der Waals surface area contributed by atoms with E-state index in [1.165, 1.54) is 6.26 Å². The number of oxazole rings is 1. The van der Waals surface area contributed by atoms with Crippen LogP contribution >= 0.6 is 0 Å². The van der Waals surface area contributed by atoms with Crippen molar-refractivity contribution in [2.45, 2.75) is 57.6 Å². The minimum Gasteiger partial charge on any atom is -0.447 e. The topological polar surface area (TPSA) is 87.2 Å². The molecule has 1 atom stereocenters. The van der Waals surface area contributed by atoms with Crippen molar-refractivity contribution in [2.24, 2.45) is 13.0 Å². The van der Waals surface area contributed by atoms with Crippen molar-refractivity contribution in [1.82, 2.24) is 14.8 Å². The molecule has 2 aromatic rings. The zero-order valence-electron chi connectivity index (χ0n) is 17.4. The van der Waals surface area contributed by atoms with Gasteiger partial charge in [0.25, 0.3) is 0 Å². The Morgan fingerprint density at radius 2 is 1.96 bits per heavy atom. The molecule has 0 aromatic carbocycles. The zero-order valence-corrected chi connectivity index (χ0v) is 18.3. The monoisotopic (exact) mass is 409 g/mol. The summed E-state index contributed by atoms with van der Waals surface area (Å²) in [7, 11) is -1.50. The summed E-state index contributed by atoms with van der Waals surface area (Å²) < 4.78 is 38.8. The smallest absolute Gasteiger partial charge is 0.212 e. The summed E-state index contributed by atoms with van der Waals surface area (Å²) in [6.07, 6.45) is 3.55. The molecule has 1 saturated heterocycles. The van der Waals surface area contributed by atoms with E-state index in [9.17, 15) is 8.42 Å². The Bertz CT molecular complexity index is 902. The van der Waals surface area contributed by atoms with Crippen LogP contribution in [0.5, 0.6) is 0 Å². The maximum atomic E-state index is 13.0. The van der Waals surface area contributed by atoms with Crippen LogP contribution in [0.15, 0.2) is 16.7 Å². The maximum Gasteiger partial charge on any atom is 0.212 e. The van der Waals surface area contributed by atoms with Gasteiger partial charge in [0.05, 0.1) is 17.1 Å². The van der Waals surface area contributed by atoms with E-state index in [-0.39, 0.29) is 23.0 Å². The van der Waals surface area contributed by atoms with Crippen molar-refractivity contribution in [2.75, 3.05) is 19.0 Å². The van der Waals surface area contributed by atoms with E-state index in [4.69, 9.17) is 9.15 Å². The first-order valence-corrected chi connectivity index (χ1v) is 11.6. The summed E-state index contributed by atoms with van der Waals surface area (Å²) in [5.41, 5.74) is 2.30. The lowest BCUT2D eigenvalue weighted by Crippen LogP contribution is -2.26. The van der Waals surface area contributed by atoms with Crippen molar-refractivity contribution in [3.8, 4) is 11.4 Å². The summed E-state index contributed by atoms with van der Waals surface area (Å²) in [4.78, 5) is 4.54. The van der Waals surface area contributed by atoms with Crippen molar-refractivity contribution in [3.05, 3.63) is 23.9 Å². The summed E-state index contributed by atoms with van der Waals surface area (Å²) in [5.74, 6) is 0.573. The first kappa shape index (κ1) is 21.0. The van der Waals surface area contributed by atoms with Crippen LogP contribution in [0.2, 0.25) is 0 Å². The first-order valence-electron chi connectivity index (χ1n) is 9.91. The molecule has 1 unspecified atom stereocenters. The Morgan fingerprint density at radius 1 is 1.29 bits per heavy atom. The normalized spacial score (nSPS) is 17.8. The van der Waals surface area contributed by atoms with Crippen LogP contribution < -0.4 is 0 Å². The summed E-state index contributed by atoms with van der Waals surface area (Å²) in [5, 5.41) is 3.84. The van der Waals surface area contributed by atoms with Crippen LogP contribution in [0.1, 0.15) is 63.8 Å². The van der Waals surface area contributed by atoms with Gasteiger partial charge in [-0.15, -0.1) is 0 Å². The third kappa shape index (κ3) is 4.49. The number of rotatable bonds is 6. The lowest BCUT2D eigenvalue weighted by molar-refractivity contribution is 0.0723. The molecule has 0 N–H and O–H groups in total. The molecule has 2 aromatic heterocycles. The molecule has 1 fully saturated rings. The van der Waals surface area contributed by atoms with Crippen molar-refractivity contribution < 1.29 is 17.6 Å². The van der Waals surface area contributed by atoms with E-state index in [1.807, 2.05) is 20.0 Å². The van der Waals surface area contributed by atoms with Crippen LogP contribution in [0.3, 0.4) is 0 Å². The Labute approximate surface area is 167 Å². The van der Waals surface area contributed by atoms with Gasteiger partial charge in [-0.1, -0.05) is 27.7 Å². The fourth-order valence-corrected chi connectivity index (χ4v) is 5.71. The van der Waals surface area contributed by atoms with E-state index < -0.39 is 15.1 Å². The molecule has 28 heavy (non-hydrogen) atoms. The minimum atomic E-state index is -3.36. The van der Waals surface area contributed by atoms with Gasteiger partial charge in [-0.3, -0.25) is 4.68 Å². The second-order valence-corrected chi connectivity index (χ2v) is 10.9. The molecule has 3 rings (SSSR count). The highest BCUT2D eigenvalue weighted by molar-refractivity contribution is 7.91. The van der Waals surface area contributed by atoms with Gasteiger partial charge in [-0.2, -0.15) is 5.10 Å². The predicted octanol–water partition coefficient (Wildman–Crippen LogP) is 3.67. The van der Waals surface area contributed by atoms with Gasteiger partial charge in [-0.05, 0) is 31.2 Å². The number of hydrogen-bond donors (Lipinski definition) is 0. The fourth-order valence-electron chi connectivity index (χ4n) is 3.57. The third-order valence-corrected chi connectivity index (χ3v) is 7.66. The molecule has 0 saturated carbocycles. The summed E-state index contributed by atoms with van der Waals surface area (Å²) in [6, 6.07) is 1.99. The predicted molar refractivity (Wildman–Crippen MR) is 108 cm³/mol. The van der Waals surface area contributed by atoms with Crippen LogP contribution in [-0.4, -0.2) is 42.1 Å². The van der Waals surface area contributed by atoms with Gasteiger partial charge in [0, 0.05) is 25.7 Å². The Balaban J connectivity index is 1.84. The second-order valence-electron chi connectivity index (χ2n) is 8.64. The molecule has 0 spiro atoms. The average molecular weight is 410 g/mol. The van der Waals surface area contributed by atoms with Gasteiger partial charge in [-0.25, -0.2) is 13.4 Å². The molecule has 0 radical (unpaired) electrons. The SMILES string of the molecule is CCC(c1nc(-c2cc(C(C)(C)C)nn2C)co1)S(=O)(=O)CC1CCOCC1. The number of ether oxygens (including phenoxy) is 1. The van der Waals surface area contributed by atoms with Crippen LogP contribution in [0.25, 0.3) is 11.4 Å². The standard InChI is InChI=1S/C20H31N3O4S/c1-6-17(28(24,25)13-14-7-9-26-10-8-14)19-21-15(12-27-19)16-11-18(20(2,3)4)22-23(16)5/h11-12,14,17H,6-10,13H2,1-5H3. The summed E-state index contributed by atoms with van der Waals surface area (Å²) >= 11 is 0.